The summed E-state index contributed by atoms with van der Waals surface area (Å²) in [6, 6.07) is 7.74. The van der Waals surface area contributed by atoms with Crippen LogP contribution in [0, 0.1) is 6.92 Å². The van der Waals surface area contributed by atoms with Crippen LogP contribution in [0.2, 0.25) is 0 Å². The molecule has 0 fully saturated rings. The molecule has 0 saturated heterocycles. The van der Waals surface area contributed by atoms with E-state index in [-0.39, 0.29) is 17.7 Å². The van der Waals surface area contributed by atoms with E-state index in [1.54, 1.807) is 17.6 Å². The van der Waals surface area contributed by atoms with Crippen LogP contribution >= 0.6 is 0 Å². The van der Waals surface area contributed by atoms with Crippen molar-refractivity contribution in [2.24, 2.45) is 0 Å². The van der Waals surface area contributed by atoms with Gasteiger partial charge in [-0.25, -0.2) is 14.7 Å². The molecule has 0 saturated carbocycles. The van der Waals surface area contributed by atoms with Crippen molar-refractivity contribution in [3.63, 3.8) is 0 Å². The molecule has 1 N–H and O–H groups in total. The molecule has 2 aliphatic heterocycles. The highest BCUT2D eigenvalue weighted by molar-refractivity contribution is 5.89. The molecule has 1 aromatic carbocycles. The number of rotatable bonds is 2. The summed E-state index contributed by atoms with van der Waals surface area (Å²) in [4.78, 5) is 39.7. The number of benzene rings is 1. The molecule has 0 radical (unpaired) electrons. The number of hydrogen-bond acceptors (Lipinski definition) is 6. The number of carbonyl (C=O) groups is 1. The fraction of sp³-hybridized carbons (Fsp3) is 0.318. The second kappa shape index (κ2) is 5.90. The van der Waals surface area contributed by atoms with Gasteiger partial charge in [0.05, 0.1) is 29.0 Å². The number of pyridine rings is 2. The zero-order chi connectivity index (χ0) is 20.5. The lowest BCUT2D eigenvalue weighted by Crippen LogP contribution is -2.43. The van der Waals surface area contributed by atoms with Crippen LogP contribution in [0.1, 0.15) is 42.5 Å². The third-order valence-electron chi connectivity index (χ3n) is 6.02. The summed E-state index contributed by atoms with van der Waals surface area (Å²) in [5.74, 6) is -1.07. The third kappa shape index (κ3) is 2.25. The Morgan fingerprint density at radius 3 is 2.72 bits per heavy atom. The maximum absolute atomic E-state index is 13.1. The topological polar surface area (TPSA) is 90.7 Å². The minimum atomic E-state index is -1.92. The van der Waals surface area contributed by atoms with Gasteiger partial charge < -0.3 is 5.11 Å². The summed E-state index contributed by atoms with van der Waals surface area (Å²) in [5, 5.41) is 12.0. The Morgan fingerprint density at radius 1 is 1.21 bits per heavy atom. The monoisotopic (exact) mass is 392 g/mol. The van der Waals surface area contributed by atoms with Crippen LogP contribution in [0.4, 0.5) is 0 Å². The van der Waals surface area contributed by atoms with Crippen molar-refractivity contribution < 1.29 is 19.7 Å². The molecule has 3 aromatic rings. The Labute approximate surface area is 166 Å². The van der Waals surface area contributed by atoms with Gasteiger partial charge in [0, 0.05) is 10.9 Å². The van der Waals surface area contributed by atoms with Crippen molar-refractivity contribution in [2.45, 2.75) is 45.8 Å². The zero-order valence-corrected chi connectivity index (χ0v) is 16.4. The van der Waals surface area contributed by atoms with Crippen LogP contribution in [0.5, 0.6) is 5.75 Å². The third-order valence-corrected chi connectivity index (χ3v) is 6.02. The molecule has 0 spiro atoms. The Balaban J connectivity index is 1.84. The first-order valence-corrected chi connectivity index (χ1v) is 9.71. The van der Waals surface area contributed by atoms with E-state index in [0.29, 0.717) is 17.9 Å². The fourth-order valence-electron chi connectivity index (χ4n) is 4.39. The van der Waals surface area contributed by atoms with E-state index in [0.717, 1.165) is 34.0 Å². The number of nitrogens with zero attached hydrogens (tertiary/aromatic N) is 2. The minimum Gasteiger partial charge on any atom is -0.374 e. The molecule has 29 heavy (non-hydrogen) atoms. The Morgan fingerprint density at radius 2 is 2.00 bits per heavy atom. The second-order valence-electron chi connectivity index (χ2n) is 7.62. The second-order valence-corrected chi connectivity index (χ2v) is 7.62. The Hall–Kier alpha value is -3.19. The Kier molecular flexibility index (Phi) is 3.64. The van der Waals surface area contributed by atoms with Gasteiger partial charge in [-0.2, -0.15) is 0 Å². The van der Waals surface area contributed by atoms with Crippen molar-refractivity contribution in [1.82, 2.24) is 9.55 Å². The van der Waals surface area contributed by atoms with Gasteiger partial charge in [0.1, 0.15) is 0 Å². The molecular formula is C22H20N2O5. The predicted octanol–water partition coefficient (Wildman–Crippen LogP) is 2.74. The highest BCUT2D eigenvalue weighted by Gasteiger charge is 2.48. The van der Waals surface area contributed by atoms with Crippen molar-refractivity contribution in [3.8, 4) is 17.1 Å². The highest BCUT2D eigenvalue weighted by Crippen LogP contribution is 2.42. The lowest BCUT2D eigenvalue weighted by molar-refractivity contribution is -0.245. The summed E-state index contributed by atoms with van der Waals surface area (Å²) in [6.07, 6.45) is 0.854. The summed E-state index contributed by atoms with van der Waals surface area (Å²) in [6.45, 7) is 6.14. The first-order valence-electron chi connectivity index (χ1n) is 9.71. The largest absolute Gasteiger partial charge is 0.391 e. The number of carbonyl (C=O) groups excluding carboxylic acids is 1. The fourth-order valence-corrected chi connectivity index (χ4v) is 4.39. The molecule has 0 bridgehead atoms. The number of hydrogen-bond donors (Lipinski definition) is 1. The first-order chi connectivity index (χ1) is 13.9. The van der Waals surface area contributed by atoms with Crippen molar-refractivity contribution in [3.05, 3.63) is 56.9 Å². The van der Waals surface area contributed by atoms with E-state index >= 15 is 0 Å². The molecule has 7 heteroatoms. The van der Waals surface area contributed by atoms with E-state index in [9.17, 15) is 14.7 Å². The van der Waals surface area contributed by atoms with Gasteiger partial charge >= 0.3 is 5.97 Å². The molecule has 0 aliphatic carbocycles. The molecule has 2 aliphatic rings. The van der Waals surface area contributed by atoms with Gasteiger partial charge in [0.25, 0.3) is 5.56 Å². The van der Waals surface area contributed by atoms with Crippen molar-refractivity contribution in [2.75, 3.05) is 0 Å². The van der Waals surface area contributed by atoms with Crippen LogP contribution in [-0.4, -0.2) is 20.6 Å². The molecule has 7 nitrogen and oxygen atoms in total. The molecule has 0 unspecified atom stereocenters. The van der Waals surface area contributed by atoms with Crippen molar-refractivity contribution >= 4 is 16.9 Å². The van der Waals surface area contributed by atoms with Crippen LogP contribution < -0.4 is 10.4 Å². The maximum atomic E-state index is 13.1. The van der Waals surface area contributed by atoms with Gasteiger partial charge in [0.2, 0.25) is 5.75 Å². The molecule has 5 rings (SSSR count). The first kappa shape index (κ1) is 17.9. The predicted molar refractivity (Wildman–Crippen MR) is 106 cm³/mol. The standard InChI is InChI=1S/C22H20N2O5/c1-4-12-13-8-11(3)6-7-16(13)23-18-14(12)10-24-17(18)9-15-19(20(24)25)28-29-21(26)22(15,27)5-2/h6-9,27H,4-5,10H2,1-3H3/t22-/m0/s1. The molecular weight excluding hydrogens is 372 g/mol. The molecule has 2 aromatic heterocycles. The van der Waals surface area contributed by atoms with Crippen LogP contribution in [-0.2, 0) is 28.2 Å². The number of aliphatic hydroxyl groups is 1. The van der Waals surface area contributed by atoms with Crippen LogP contribution in [0.25, 0.3) is 22.3 Å². The quantitative estimate of drug-likeness (QED) is 0.528. The minimum absolute atomic E-state index is 0.0581. The number of fused-ring (bicyclic) bond motifs is 5. The highest BCUT2D eigenvalue weighted by atomic mass is 17.2. The van der Waals surface area contributed by atoms with Crippen LogP contribution in [0.15, 0.2) is 29.1 Å². The van der Waals surface area contributed by atoms with E-state index in [4.69, 9.17) is 9.87 Å². The molecule has 1 atom stereocenters. The maximum Gasteiger partial charge on any atom is 0.391 e. The van der Waals surface area contributed by atoms with Gasteiger partial charge in [-0.05, 0) is 43.5 Å². The number of aromatic nitrogens is 2. The van der Waals surface area contributed by atoms with Crippen LogP contribution in [0.3, 0.4) is 0 Å². The lowest BCUT2D eigenvalue weighted by Gasteiger charge is -2.29. The summed E-state index contributed by atoms with van der Waals surface area (Å²) in [5.41, 5.74) is 3.17. The van der Waals surface area contributed by atoms with Gasteiger partial charge in [0.15, 0.2) is 5.60 Å². The van der Waals surface area contributed by atoms with Gasteiger partial charge in [-0.3, -0.25) is 14.2 Å². The summed E-state index contributed by atoms with van der Waals surface area (Å²) in [7, 11) is 0. The van der Waals surface area contributed by atoms with E-state index < -0.39 is 17.1 Å². The lowest BCUT2D eigenvalue weighted by atomic mass is 9.89. The smallest absolute Gasteiger partial charge is 0.374 e. The van der Waals surface area contributed by atoms with E-state index in [2.05, 4.69) is 17.9 Å². The summed E-state index contributed by atoms with van der Waals surface area (Å²) < 4.78 is 1.57. The average Bonchev–Trinajstić information content (AvgIpc) is 3.08. The summed E-state index contributed by atoms with van der Waals surface area (Å²) >= 11 is 0. The zero-order valence-electron chi connectivity index (χ0n) is 16.4. The molecule has 148 valence electrons. The van der Waals surface area contributed by atoms with Gasteiger partial charge in [-0.1, -0.05) is 25.5 Å². The van der Waals surface area contributed by atoms with E-state index in [1.807, 2.05) is 19.1 Å². The Bertz CT molecular complexity index is 1280. The molecule has 4 heterocycles. The average molecular weight is 392 g/mol. The van der Waals surface area contributed by atoms with Gasteiger partial charge in [-0.15, -0.1) is 0 Å². The van der Waals surface area contributed by atoms with E-state index in [1.165, 1.54) is 0 Å². The molecule has 0 amide bonds. The van der Waals surface area contributed by atoms with Crippen molar-refractivity contribution in [1.29, 1.82) is 0 Å². The normalized spacial score (nSPS) is 19.4. The SMILES string of the molecule is CCc1c2c(nc3ccc(C)cc13)-c1cc3c(c(=O)n1C2)OOC(=O)[C@]3(O)CC. The number of aryl methyl sites for hydroxylation is 2.